The summed E-state index contributed by atoms with van der Waals surface area (Å²) in [5, 5.41) is 10.4. The quantitative estimate of drug-likeness (QED) is 0.544. The summed E-state index contributed by atoms with van der Waals surface area (Å²) in [4.78, 5) is 25.5. The van der Waals surface area contributed by atoms with E-state index in [2.05, 4.69) is 15.7 Å². The zero-order chi connectivity index (χ0) is 23.5. The molecule has 1 aliphatic rings. The van der Waals surface area contributed by atoms with Gasteiger partial charge in [0.15, 0.2) is 11.5 Å². The second-order valence-electron chi connectivity index (χ2n) is 7.69. The normalized spacial score (nSPS) is 14.5. The molecule has 0 radical (unpaired) electrons. The minimum Gasteiger partial charge on any atom is -0.493 e. The van der Waals surface area contributed by atoms with Crippen LogP contribution in [0.4, 0.5) is 11.5 Å². The number of nitrogens with one attached hydrogen (secondary N) is 2. The van der Waals surface area contributed by atoms with Crippen LogP contribution in [0.2, 0.25) is 0 Å². The van der Waals surface area contributed by atoms with E-state index in [4.69, 9.17) is 14.2 Å². The summed E-state index contributed by atoms with van der Waals surface area (Å²) in [7, 11) is 4.71. The first-order valence-electron chi connectivity index (χ1n) is 10.5. The van der Waals surface area contributed by atoms with E-state index in [1.165, 1.54) is 0 Å². The number of rotatable bonds is 8. The lowest BCUT2D eigenvalue weighted by molar-refractivity contribution is -0.123. The molecule has 0 bridgehead atoms. The Morgan fingerprint density at radius 1 is 1.12 bits per heavy atom. The number of carbonyl (C=O) groups is 2. The summed E-state index contributed by atoms with van der Waals surface area (Å²) in [6, 6.07) is 12.2. The zero-order valence-corrected chi connectivity index (χ0v) is 19.0. The number of ether oxygens (including phenoxy) is 3. The Morgan fingerprint density at radius 2 is 1.88 bits per heavy atom. The fourth-order valence-electron chi connectivity index (χ4n) is 3.94. The van der Waals surface area contributed by atoms with Crippen molar-refractivity contribution in [3.05, 3.63) is 53.7 Å². The van der Waals surface area contributed by atoms with Gasteiger partial charge in [-0.1, -0.05) is 24.3 Å². The van der Waals surface area contributed by atoms with Crippen molar-refractivity contribution < 1.29 is 23.8 Å². The lowest BCUT2D eigenvalue weighted by Gasteiger charge is -2.11. The molecule has 2 amide bonds. The Kier molecular flexibility index (Phi) is 6.32. The lowest BCUT2D eigenvalue weighted by Crippen LogP contribution is -2.24. The molecule has 0 fully saturated rings. The fraction of sp³-hybridized carbons (Fsp3) is 0.292. The lowest BCUT2D eigenvalue weighted by atomic mass is 10.0. The molecule has 0 spiro atoms. The highest BCUT2D eigenvalue weighted by Gasteiger charge is 2.37. The van der Waals surface area contributed by atoms with E-state index in [1.54, 1.807) is 32.1 Å². The second-order valence-corrected chi connectivity index (χ2v) is 7.69. The van der Waals surface area contributed by atoms with Crippen LogP contribution in [0.5, 0.6) is 11.5 Å². The van der Waals surface area contributed by atoms with Gasteiger partial charge in [0.2, 0.25) is 5.91 Å². The van der Waals surface area contributed by atoms with Gasteiger partial charge < -0.3 is 24.8 Å². The maximum absolute atomic E-state index is 12.8. The smallest absolute Gasteiger partial charge is 0.251 e. The SMILES string of the molecule is COCc1nn2c(c1-c1ccc(OC)c(OC)c1)NC(=O)C2CC(=O)Nc1ccccc1C. The second kappa shape index (κ2) is 9.33. The highest BCUT2D eigenvalue weighted by molar-refractivity contribution is 6.04. The van der Waals surface area contributed by atoms with Crippen LogP contribution in [0.3, 0.4) is 0 Å². The van der Waals surface area contributed by atoms with Gasteiger partial charge in [-0.15, -0.1) is 0 Å². The minimum atomic E-state index is -0.770. The van der Waals surface area contributed by atoms with E-state index in [9.17, 15) is 9.59 Å². The topological polar surface area (TPSA) is 104 Å². The van der Waals surface area contributed by atoms with Gasteiger partial charge in [0.25, 0.3) is 5.91 Å². The van der Waals surface area contributed by atoms with Crippen LogP contribution in [0.1, 0.15) is 23.7 Å². The first kappa shape index (κ1) is 22.3. The Bertz CT molecular complexity index is 1200. The van der Waals surface area contributed by atoms with Crippen molar-refractivity contribution in [2.45, 2.75) is 26.0 Å². The molecule has 1 aromatic heterocycles. The number of methoxy groups -OCH3 is 3. The maximum Gasteiger partial charge on any atom is 0.251 e. The molecular formula is C24H26N4O5. The fourth-order valence-corrected chi connectivity index (χ4v) is 3.94. The highest BCUT2D eigenvalue weighted by atomic mass is 16.5. The van der Waals surface area contributed by atoms with Crippen LogP contribution in [0.25, 0.3) is 11.1 Å². The molecule has 0 saturated carbocycles. The van der Waals surface area contributed by atoms with Crippen LogP contribution in [-0.4, -0.2) is 42.9 Å². The Balaban J connectivity index is 1.67. The van der Waals surface area contributed by atoms with Crippen LogP contribution in [-0.2, 0) is 20.9 Å². The van der Waals surface area contributed by atoms with Crippen molar-refractivity contribution in [3.8, 4) is 22.6 Å². The summed E-state index contributed by atoms with van der Waals surface area (Å²) >= 11 is 0. The molecule has 4 rings (SSSR count). The molecule has 0 saturated heterocycles. The van der Waals surface area contributed by atoms with E-state index >= 15 is 0 Å². The van der Waals surface area contributed by atoms with E-state index in [-0.39, 0.29) is 24.8 Å². The molecule has 3 aromatic rings. The third-order valence-electron chi connectivity index (χ3n) is 5.57. The van der Waals surface area contributed by atoms with E-state index in [0.29, 0.717) is 34.3 Å². The van der Waals surface area contributed by atoms with Gasteiger partial charge in [0.05, 0.1) is 38.5 Å². The molecule has 1 aliphatic heterocycles. The Hall–Kier alpha value is -3.85. The van der Waals surface area contributed by atoms with Gasteiger partial charge in [0, 0.05) is 12.8 Å². The monoisotopic (exact) mass is 450 g/mol. The number of aromatic nitrogens is 2. The number of anilines is 2. The number of hydrogen-bond donors (Lipinski definition) is 2. The standard InChI is InChI=1S/C24H26N4O5/c1-14-7-5-6-8-16(14)25-21(29)12-18-24(30)26-23-22(17(13-31-2)27-28(18)23)15-9-10-19(32-3)20(11-15)33-4/h5-11,18H,12-13H2,1-4H3,(H,25,29)(H,26,30). The number of carbonyl (C=O) groups excluding carboxylic acids is 2. The molecule has 2 aromatic carbocycles. The number of benzene rings is 2. The largest absolute Gasteiger partial charge is 0.493 e. The van der Waals surface area contributed by atoms with E-state index in [1.807, 2.05) is 43.3 Å². The van der Waals surface area contributed by atoms with Crippen LogP contribution in [0, 0.1) is 6.92 Å². The van der Waals surface area contributed by atoms with Crippen LogP contribution in [0.15, 0.2) is 42.5 Å². The summed E-state index contributed by atoms with van der Waals surface area (Å²) in [5.74, 6) is 1.11. The number of amides is 2. The van der Waals surface area contributed by atoms with Crippen molar-refractivity contribution in [1.82, 2.24) is 9.78 Å². The van der Waals surface area contributed by atoms with Gasteiger partial charge in [-0.3, -0.25) is 9.59 Å². The van der Waals surface area contributed by atoms with E-state index in [0.717, 1.165) is 11.1 Å². The van der Waals surface area contributed by atoms with Crippen molar-refractivity contribution in [2.24, 2.45) is 0 Å². The van der Waals surface area contributed by atoms with Gasteiger partial charge in [-0.25, -0.2) is 4.68 Å². The third kappa shape index (κ3) is 4.27. The molecule has 9 nitrogen and oxygen atoms in total. The first-order chi connectivity index (χ1) is 16.0. The minimum absolute atomic E-state index is 0.0490. The summed E-state index contributed by atoms with van der Waals surface area (Å²) < 4.78 is 17.7. The summed E-state index contributed by atoms with van der Waals surface area (Å²) in [6.45, 7) is 2.15. The average molecular weight is 450 g/mol. The molecule has 0 aliphatic carbocycles. The third-order valence-corrected chi connectivity index (χ3v) is 5.57. The number of aryl methyl sites for hydroxylation is 1. The number of para-hydroxylation sites is 1. The molecule has 9 heteroatoms. The number of fused-ring (bicyclic) bond motifs is 1. The van der Waals surface area contributed by atoms with Crippen LogP contribution < -0.4 is 20.1 Å². The van der Waals surface area contributed by atoms with Gasteiger partial charge >= 0.3 is 0 Å². The first-order valence-corrected chi connectivity index (χ1v) is 10.5. The van der Waals surface area contributed by atoms with Crippen molar-refractivity contribution in [2.75, 3.05) is 32.0 Å². The van der Waals surface area contributed by atoms with Gasteiger partial charge in [-0.05, 0) is 36.2 Å². The molecule has 1 atom stereocenters. The van der Waals surface area contributed by atoms with E-state index < -0.39 is 6.04 Å². The summed E-state index contributed by atoms with van der Waals surface area (Å²) in [6.07, 6.45) is -0.0490. The maximum atomic E-state index is 12.8. The Labute approximate surface area is 191 Å². The molecule has 2 heterocycles. The predicted octanol–water partition coefficient (Wildman–Crippen LogP) is 3.54. The Morgan fingerprint density at radius 3 is 2.58 bits per heavy atom. The van der Waals surface area contributed by atoms with Crippen molar-refractivity contribution in [1.29, 1.82) is 0 Å². The molecule has 33 heavy (non-hydrogen) atoms. The zero-order valence-electron chi connectivity index (χ0n) is 19.0. The molecule has 2 N–H and O–H groups in total. The molecule has 1 unspecified atom stereocenters. The summed E-state index contributed by atoms with van der Waals surface area (Å²) in [5.41, 5.74) is 3.80. The predicted molar refractivity (Wildman–Crippen MR) is 124 cm³/mol. The van der Waals surface area contributed by atoms with Crippen molar-refractivity contribution >= 4 is 23.3 Å². The van der Waals surface area contributed by atoms with Crippen LogP contribution >= 0.6 is 0 Å². The molecular weight excluding hydrogens is 424 g/mol. The molecule has 172 valence electrons. The number of nitrogens with zero attached hydrogens (tertiary/aromatic N) is 2. The van der Waals surface area contributed by atoms with Gasteiger partial charge in [-0.2, -0.15) is 5.10 Å². The highest BCUT2D eigenvalue weighted by Crippen LogP contribution is 2.41. The number of hydrogen-bond acceptors (Lipinski definition) is 6. The average Bonchev–Trinajstić information content (AvgIpc) is 3.30. The van der Waals surface area contributed by atoms with Gasteiger partial charge in [0.1, 0.15) is 11.9 Å². The van der Waals surface area contributed by atoms with Crippen molar-refractivity contribution in [3.63, 3.8) is 0 Å².